The van der Waals surface area contributed by atoms with Crippen LogP contribution in [0.15, 0.2) is 11.4 Å². The number of aromatic carboxylic acids is 1. The van der Waals surface area contributed by atoms with E-state index in [1.165, 1.54) is 17.4 Å². The average molecular weight is 256 g/mol. The lowest BCUT2D eigenvalue weighted by Crippen LogP contribution is -2.35. The van der Waals surface area contributed by atoms with Crippen molar-refractivity contribution in [2.24, 2.45) is 5.41 Å². The van der Waals surface area contributed by atoms with Crippen molar-refractivity contribution in [3.8, 4) is 0 Å². The van der Waals surface area contributed by atoms with Gasteiger partial charge in [0.1, 0.15) is 5.00 Å². The van der Waals surface area contributed by atoms with Crippen LogP contribution in [0, 0.1) is 5.41 Å². The third-order valence-corrected chi connectivity index (χ3v) is 2.73. The minimum atomic E-state index is -1.04. The number of amides is 2. The fraction of sp³-hybridized carbons (Fsp3) is 0.455. The summed E-state index contributed by atoms with van der Waals surface area (Å²) in [6.45, 7) is 6.52. The first kappa shape index (κ1) is 13.5. The fourth-order valence-corrected chi connectivity index (χ4v) is 1.84. The Morgan fingerprint density at radius 3 is 2.59 bits per heavy atom. The first-order valence-corrected chi connectivity index (χ1v) is 6.03. The molecule has 1 heterocycles. The molecule has 0 aliphatic rings. The molecule has 0 radical (unpaired) electrons. The summed E-state index contributed by atoms with van der Waals surface area (Å²) in [4.78, 5) is 22.3. The Hall–Kier alpha value is -1.56. The van der Waals surface area contributed by atoms with Crippen molar-refractivity contribution in [1.29, 1.82) is 0 Å². The molecule has 0 atom stereocenters. The van der Waals surface area contributed by atoms with Gasteiger partial charge in [-0.1, -0.05) is 20.8 Å². The predicted octanol–water partition coefficient (Wildman–Crippen LogP) is 2.61. The van der Waals surface area contributed by atoms with Crippen LogP contribution in [-0.4, -0.2) is 23.7 Å². The van der Waals surface area contributed by atoms with Crippen LogP contribution in [-0.2, 0) is 0 Å². The molecule has 1 aromatic heterocycles. The molecule has 0 aliphatic heterocycles. The van der Waals surface area contributed by atoms with E-state index in [9.17, 15) is 9.59 Å². The number of urea groups is 1. The molecule has 3 N–H and O–H groups in total. The third kappa shape index (κ3) is 4.44. The van der Waals surface area contributed by atoms with E-state index >= 15 is 0 Å². The molecule has 0 unspecified atom stereocenters. The molecule has 17 heavy (non-hydrogen) atoms. The average Bonchev–Trinajstić information content (AvgIpc) is 2.62. The summed E-state index contributed by atoms with van der Waals surface area (Å²) in [5.74, 6) is -1.04. The van der Waals surface area contributed by atoms with Crippen LogP contribution in [0.1, 0.15) is 31.1 Å². The first-order chi connectivity index (χ1) is 7.79. The van der Waals surface area contributed by atoms with Crippen LogP contribution in [0.5, 0.6) is 0 Å². The van der Waals surface area contributed by atoms with Crippen LogP contribution >= 0.6 is 11.3 Å². The monoisotopic (exact) mass is 256 g/mol. The third-order valence-electron chi connectivity index (χ3n) is 1.90. The minimum absolute atomic E-state index is 0.0115. The Morgan fingerprint density at radius 1 is 1.41 bits per heavy atom. The highest BCUT2D eigenvalue weighted by Crippen LogP contribution is 2.22. The van der Waals surface area contributed by atoms with Gasteiger partial charge in [0.05, 0.1) is 5.56 Å². The number of carbonyl (C=O) groups excluding carboxylic acids is 1. The number of carboxylic acid groups (broad SMARTS) is 1. The van der Waals surface area contributed by atoms with Crippen LogP contribution in [0.4, 0.5) is 9.80 Å². The normalized spacial score (nSPS) is 11.0. The Bertz CT molecular complexity index is 421. The summed E-state index contributed by atoms with van der Waals surface area (Å²) in [6.07, 6.45) is 0. The number of hydrogen-bond acceptors (Lipinski definition) is 3. The number of nitrogens with one attached hydrogen (secondary N) is 2. The van der Waals surface area contributed by atoms with E-state index in [1.807, 2.05) is 20.8 Å². The second kappa shape index (κ2) is 5.18. The largest absolute Gasteiger partial charge is 0.478 e. The smallest absolute Gasteiger partial charge is 0.338 e. The van der Waals surface area contributed by atoms with E-state index in [2.05, 4.69) is 10.6 Å². The van der Waals surface area contributed by atoms with Crippen LogP contribution < -0.4 is 10.6 Å². The number of carboxylic acids is 1. The van der Waals surface area contributed by atoms with Gasteiger partial charge < -0.3 is 10.4 Å². The molecule has 0 bridgehead atoms. The summed E-state index contributed by atoms with van der Waals surface area (Å²) >= 11 is 1.19. The Morgan fingerprint density at radius 2 is 2.06 bits per heavy atom. The number of rotatable bonds is 3. The standard InChI is InChI=1S/C11H16N2O3S/c1-11(2,3)6-12-10(16)13-8-7(9(14)15)4-5-17-8/h4-5H,6H2,1-3H3,(H,14,15)(H2,12,13,16). The van der Waals surface area contributed by atoms with Gasteiger partial charge in [0.15, 0.2) is 0 Å². The van der Waals surface area contributed by atoms with Gasteiger partial charge in [0.2, 0.25) is 0 Å². The maximum absolute atomic E-state index is 11.5. The maximum Gasteiger partial charge on any atom is 0.338 e. The highest BCUT2D eigenvalue weighted by molar-refractivity contribution is 7.14. The van der Waals surface area contributed by atoms with E-state index in [4.69, 9.17) is 5.11 Å². The topological polar surface area (TPSA) is 78.4 Å². The lowest BCUT2D eigenvalue weighted by atomic mass is 9.97. The van der Waals surface area contributed by atoms with Gasteiger partial charge in [-0.05, 0) is 16.9 Å². The first-order valence-electron chi connectivity index (χ1n) is 5.15. The van der Waals surface area contributed by atoms with Crippen molar-refractivity contribution in [2.75, 3.05) is 11.9 Å². The minimum Gasteiger partial charge on any atom is -0.478 e. The molecule has 1 aromatic rings. The van der Waals surface area contributed by atoms with Crippen molar-refractivity contribution in [1.82, 2.24) is 5.32 Å². The quantitative estimate of drug-likeness (QED) is 0.777. The van der Waals surface area contributed by atoms with Gasteiger partial charge in [-0.2, -0.15) is 0 Å². The van der Waals surface area contributed by atoms with Gasteiger partial charge in [-0.25, -0.2) is 9.59 Å². The van der Waals surface area contributed by atoms with Gasteiger partial charge in [-0.3, -0.25) is 5.32 Å². The number of anilines is 1. The molecule has 0 saturated heterocycles. The Labute approximate surface area is 104 Å². The summed E-state index contributed by atoms with van der Waals surface area (Å²) in [5, 5.41) is 16.1. The van der Waals surface area contributed by atoms with Crippen LogP contribution in [0.2, 0.25) is 0 Å². The van der Waals surface area contributed by atoms with E-state index < -0.39 is 5.97 Å². The number of carbonyl (C=O) groups is 2. The zero-order valence-electron chi connectivity index (χ0n) is 10.0. The highest BCUT2D eigenvalue weighted by atomic mass is 32.1. The summed E-state index contributed by atoms with van der Waals surface area (Å²) in [7, 11) is 0. The molecule has 6 heteroatoms. The van der Waals surface area contributed by atoms with E-state index in [-0.39, 0.29) is 17.0 Å². The second-order valence-electron chi connectivity index (χ2n) is 4.84. The molecule has 0 spiro atoms. The van der Waals surface area contributed by atoms with E-state index in [0.29, 0.717) is 11.5 Å². The van der Waals surface area contributed by atoms with E-state index in [0.717, 1.165) is 0 Å². The van der Waals surface area contributed by atoms with Gasteiger partial charge in [-0.15, -0.1) is 11.3 Å². The molecule has 5 nitrogen and oxygen atoms in total. The second-order valence-corrected chi connectivity index (χ2v) is 5.75. The number of thiophene rings is 1. The van der Waals surface area contributed by atoms with Crippen LogP contribution in [0.3, 0.4) is 0 Å². The lowest BCUT2D eigenvalue weighted by molar-refractivity contribution is 0.0698. The van der Waals surface area contributed by atoms with Crippen LogP contribution in [0.25, 0.3) is 0 Å². The van der Waals surface area contributed by atoms with Gasteiger partial charge >= 0.3 is 12.0 Å². The summed E-state index contributed by atoms with van der Waals surface area (Å²) in [6, 6.07) is 1.08. The molecule has 0 aliphatic carbocycles. The van der Waals surface area contributed by atoms with E-state index in [1.54, 1.807) is 5.38 Å². The van der Waals surface area contributed by atoms with Crippen molar-refractivity contribution in [2.45, 2.75) is 20.8 Å². The van der Waals surface area contributed by atoms with Gasteiger partial charge in [0, 0.05) is 6.54 Å². The van der Waals surface area contributed by atoms with Crippen molar-refractivity contribution < 1.29 is 14.7 Å². The zero-order chi connectivity index (χ0) is 13.1. The molecule has 0 aromatic carbocycles. The summed E-state index contributed by atoms with van der Waals surface area (Å²) in [5.41, 5.74) is 0.100. The molecule has 0 fully saturated rings. The molecular formula is C11H16N2O3S. The predicted molar refractivity (Wildman–Crippen MR) is 67.8 cm³/mol. The lowest BCUT2D eigenvalue weighted by Gasteiger charge is -2.18. The summed E-state index contributed by atoms with van der Waals surface area (Å²) < 4.78 is 0. The number of hydrogen-bond donors (Lipinski definition) is 3. The molecule has 1 rings (SSSR count). The molecule has 94 valence electrons. The van der Waals surface area contributed by atoms with Crippen molar-refractivity contribution >= 4 is 28.3 Å². The molecule has 0 saturated carbocycles. The molecule has 2 amide bonds. The maximum atomic E-state index is 11.5. The van der Waals surface area contributed by atoms with Gasteiger partial charge in [0.25, 0.3) is 0 Å². The fourth-order valence-electron chi connectivity index (χ4n) is 1.07. The Balaban J connectivity index is 2.57. The SMILES string of the molecule is CC(C)(C)CNC(=O)Nc1sccc1C(=O)O. The molecular weight excluding hydrogens is 240 g/mol. The zero-order valence-corrected chi connectivity index (χ0v) is 10.9. The van der Waals surface area contributed by atoms with Crippen molar-refractivity contribution in [3.05, 3.63) is 17.0 Å². The highest BCUT2D eigenvalue weighted by Gasteiger charge is 2.15. The Kier molecular flexibility index (Phi) is 4.11. The van der Waals surface area contributed by atoms with Crippen molar-refractivity contribution in [3.63, 3.8) is 0 Å².